The fourth-order valence-electron chi connectivity index (χ4n) is 1.51. The number of aliphatic hydroxyl groups excluding tert-OH is 1. The van der Waals surface area contributed by atoms with E-state index in [9.17, 15) is 4.79 Å². The molecule has 0 atom stereocenters. The maximum absolute atomic E-state index is 11.3. The van der Waals surface area contributed by atoms with Gasteiger partial charge in [-0.25, -0.2) is 0 Å². The van der Waals surface area contributed by atoms with Crippen molar-refractivity contribution in [1.29, 1.82) is 0 Å². The average molecular weight is 207 g/mol. The van der Waals surface area contributed by atoms with Crippen molar-refractivity contribution >= 4 is 5.78 Å². The molecule has 82 valence electrons. The molecule has 0 aliphatic carbocycles. The molecule has 0 aliphatic heterocycles. The van der Waals surface area contributed by atoms with Gasteiger partial charge in [-0.15, -0.1) is 0 Å². The van der Waals surface area contributed by atoms with Crippen LogP contribution in [0.4, 0.5) is 0 Å². The number of ketones is 1. The number of carbonyl (C=O) groups excluding carboxylic acids is 1. The predicted molar refractivity (Wildman–Crippen MR) is 59.8 cm³/mol. The summed E-state index contributed by atoms with van der Waals surface area (Å²) in [5.41, 5.74) is 2.51. The minimum atomic E-state index is -0.0262. The van der Waals surface area contributed by atoms with Crippen LogP contribution in [0.3, 0.4) is 0 Å². The Morgan fingerprint density at radius 1 is 1.27 bits per heavy atom. The summed E-state index contributed by atoms with van der Waals surface area (Å²) in [6.07, 6.45) is 0. The first-order valence-electron chi connectivity index (χ1n) is 4.92. The van der Waals surface area contributed by atoms with Crippen LogP contribution in [0.2, 0.25) is 0 Å². The summed E-state index contributed by atoms with van der Waals surface area (Å²) in [5, 5.41) is 9.08. The van der Waals surface area contributed by atoms with Gasteiger partial charge in [0, 0.05) is 12.1 Å². The maximum atomic E-state index is 11.3. The van der Waals surface area contributed by atoms with E-state index in [1.165, 1.54) is 6.92 Å². The molecule has 0 saturated carbocycles. The second-order valence-electron chi connectivity index (χ2n) is 3.99. The first-order valence-corrected chi connectivity index (χ1v) is 4.92. The summed E-state index contributed by atoms with van der Waals surface area (Å²) in [5.74, 6) is 0.0327. The highest BCUT2D eigenvalue weighted by molar-refractivity contribution is 5.94. The van der Waals surface area contributed by atoms with Crippen LogP contribution < -0.4 is 0 Å². The number of carbonyl (C=O) groups is 1. The van der Waals surface area contributed by atoms with Crippen LogP contribution >= 0.6 is 0 Å². The van der Waals surface area contributed by atoms with Gasteiger partial charge in [-0.3, -0.25) is 4.79 Å². The van der Waals surface area contributed by atoms with E-state index >= 15 is 0 Å². The molecular formula is C12H17NO2. The molecule has 0 bridgehead atoms. The molecule has 0 amide bonds. The third-order valence-electron chi connectivity index (χ3n) is 2.14. The molecule has 0 aromatic heterocycles. The third-order valence-corrected chi connectivity index (χ3v) is 2.14. The molecule has 15 heavy (non-hydrogen) atoms. The summed E-state index contributed by atoms with van der Waals surface area (Å²) < 4.78 is 0. The van der Waals surface area contributed by atoms with Gasteiger partial charge in [0.05, 0.1) is 6.61 Å². The molecule has 0 aliphatic rings. The Hall–Kier alpha value is -1.19. The Morgan fingerprint density at radius 2 is 1.87 bits per heavy atom. The van der Waals surface area contributed by atoms with Crippen LogP contribution in [0, 0.1) is 0 Å². The van der Waals surface area contributed by atoms with Crippen molar-refractivity contribution in [2.75, 3.05) is 14.1 Å². The summed E-state index contributed by atoms with van der Waals surface area (Å²) in [6, 6.07) is 5.54. The topological polar surface area (TPSA) is 40.5 Å². The smallest absolute Gasteiger partial charge is 0.159 e. The average Bonchev–Trinajstić information content (AvgIpc) is 2.16. The SMILES string of the molecule is CC(=O)c1cc(CO)cc(CN(C)C)c1. The number of nitrogens with zero attached hydrogens (tertiary/aromatic N) is 1. The fraction of sp³-hybridized carbons (Fsp3) is 0.417. The highest BCUT2D eigenvalue weighted by Crippen LogP contribution is 2.12. The van der Waals surface area contributed by atoms with E-state index in [1.807, 2.05) is 31.1 Å². The molecule has 3 nitrogen and oxygen atoms in total. The molecule has 1 aromatic carbocycles. The molecule has 0 unspecified atom stereocenters. The minimum Gasteiger partial charge on any atom is -0.392 e. The van der Waals surface area contributed by atoms with Gasteiger partial charge in [-0.1, -0.05) is 6.07 Å². The molecule has 0 fully saturated rings. The van der Waals surface area contributed by atoms with Gasteiger partial charge >= 0.3 is 0 Å². The van der Waals surface area contributed by atoms with E-state index in [0.717, 1.165) is 17.7 Å². The largest absolute Gasteiger partial charge is 0.392 e. The van der Waals surface area contributed by atoms with E-state index in [0.29, 0.717) is 5.56 Å². The fourth-order valence-corrected chi connectivity index (χ4v) is 1.51. The number of hydrogen-bond donors (Lipinski definition) is 1. The van der Waals surface area contributed by atoms with Gasteiger partial charge in [0.1, 0.15) is 0 Å². The predicted octanol–water partition coefficient (Wildman–Crippen LogP) is 1.44. The van der Waals surface area contributed by atoms with Gasteiger partial charge in [-0.05, 0) is 44.3 Å². The Bertz CT molecular complexity index is 359. The van der Waals surface area contributed by atoms with Crippen molar-refractivity contribution in [2.24, 2.45) is 0 Å². The van der Waals surface area contributed by atoms with Gasteiger partial charge in [0.2, 0.25) is 0 Å². The number of aliphatic hydroxyl groups is 1. The first kappa shape index (κ1) is 11.9. The van der Waals surface area contributed by atoms with Crippen molar-refractivity contribution in [2.45, 2.75) is 20.1 Å². The quantitative estimate of drug-likeness (QED) is 0.759. The molecule has 0 saturated heterocycles. The van der Waals surface area contributed by atoms with Crippen LogP contribution in [0.1, 0.15) is 28.4 Å². The summed E-state index contributed by atoms with van der Waals surface area (Å²) in [6.45, 7) is 2.28. The highest BCUT2D eigenvalue weighted by Gasteiger charge is 2.05. The van der Waals surface area contributed by atoms with Gasteiger partial charge in [0.15, 0.2) is 5.78 Å². The van der Waals surface area contributed by atoms with E-state index in [2.05, 4.69) is 0 Å². The lowest BCUT2D eigenvalue weighted by Crippen LogP contribution is -2.11. The van der Waals surface area contributed by atoms with Crippen molar-refractivity contribution < 1.29 is 9.90 Å². The highest BCUT2D eigenvalue weighted by atomic mass is 16.3. The van der Waals surface area contributed by atoms with Crippen LogP contribution in [-0.4, -0.2) is 29.9 Å². The van der Waals surface area contributed by atoms with Gasteiger partial charge < -0.3 is 10.0 Å². The van der Waals surface area contributed by atoms with Gasteiger partial charge in [-0.2, -0.15) is 0 Å². The summed E-state index contributed by atoms with van der Waals surface area (Å²) in [7, 11) is 3.94. The lowest BCUT2D eigenvalue weighted by molar-refractivity contribution is 0.101. The van der Waals surface area contributed by atoms with Crippen LogP contribution in [0.25, 0.3) is 0 Å². The zero-order chi connectivity index (χ0) is 11.4. The van der Waals surface area contributed by atoms with Crippen LogP contribution in [0.15, 0.2) is 18.2 Å². The van der Waals surface area contributed by atoms with E-state index in [1.54, 1.807) is 6.07 Å². The Balaban J connectivity index is 3.05. The molecule has 3 heteroatoms. The van der Waals surface area contributed by atoms with E-state index in [4.69, 9.17) is 5.11 Å². The Morgan fingerprint density at radius 3 is 2.33 bits per heavy atom. The zero-order valence-electron chi connectivity index (χ0n) is 9.45. The normalized spacial score (nSPS) is 10.7. The second-order valence-corrected chi connectivity index (χ2v) is 3.99. The molecule has 1 rings (SSSR count). The first-order chi connectivity index (χ1) is 7.02. The molecule has 0 spiro atoms. The number of hydrogen-bond acceptors (Lipinski definition) is 3. The second kappa shape index (κ2) is 5.05. The van der Waals surface area contributed by atoms with Crippen molar-refractivity contribution in [3.63, 3.8) is 0 Å². The summed E-state index contributed by atoms with van der Waals surface area (Å²) >= 11 is 0. The lowest BCUT2D eigenvalue weighted by atomic mass is 10.0. The number of Topliss-reactive ketones (excluding diaryl/α,β-unsaturated/α-hetero) is 1. The molecule has 1 N–H and O–H groups in total. The van der Waals surface area contributed by atoms with Crippen molar-refractivity contribution in [3.05, 3.63) is 34.9 Å². The van der Waals surface area contributed by atoms with E-state index < -0.39 is 0 Å². The molecular weight excluding hydrogens is 190 g/mol. The lowest BCUT2D eigenvalue weighted by Gasteiger charge is -2.11. The maximum Gasteiger partial charge on any atom is 0.159 e. The molecule has 1 aromatic rings. The molecule has 0 heterocycles. The standard InChI is InChI=1S/C12H17NO2/c1-9(15)12-5-10(7-13(2)3)4-11(6-12)8-14/h4-6,14H,7-8H2,1-3H3. The van der Waals surface area contributed by atoms with Crippen molar-refractivity contribution in [3.8, 4) is 0 Å². The monoisotopic (exact) mass is 207 g/mol. The van der Waals surface area contributed by atoms with E-state index in [-0.39, 0.29) is 12.4 Å². The summed E-state index contributed by atoms with van der Waals surface area (Å²) in [4.78, 5) is 13.3. The Kier molecular flexibility index (Phi) is 4.00. The van der Waals surface area contributed by atoms with Crippen LogP contribution in [-0.2, 0) is 13.2 Å². The van der Waals surface area contributed by atoms with Crippen LogP contribution in [0.5, 0.6) is 0 Å². The van der Waals surface area contributed by atoms with Crippen molar-refractivity contribution in [1.82, 2.24) is 4.90 Å². The number of rotatable bonds is 4. The van der Waals surface area contributed by atoms with Gasteiger partial charge in [0.25, 0.3) is 0 Å². The minimum absolute atomic E-state index is 0.0262. The number of benzene rings is 1. The molecule has 0 radical (unpaired) electrons. The third kappa shape index (κ3) is 3.46. The zero-order valence-corrected chi connectivity index (χ0v) is 9.45. The Labute approximate surface area is 90.3 Å².